The standard InChI is InChI=1S/C15H25N3/c1-10(2)15-17-13-9-16-7-6-14(13)18(15)11(3)8-12-4-5-12/h10-12,16H,4-9H2,1-3H3. The van der Waals surface area contributed by atoms with Gasteiger partial charge in [-0.2, -0.15) is 0 Å². The van der Waals surface area contributed by atoms with Crippen LogP contribution in [0.25, 0.3) is 0 Å². The molecule has 1 N–H and O–H groups in total. The van der Waals surface area contributed by atoms with Crippen LogP contribution in [0.15, 0.2) is 0 Å². The molecule has 1 atom stereocenters. The second-order valence-corrected chi connectivity index (χ2v) is 6.34. The predicted octanol–water partition coefficient (Wildman–Crippen LogP) is 3.01. The SMILES string of the molecule is CC(C)c1nc2c(n1C(C)CC1CC1)CCNC2. The average molecular weight is 247 g/mol. The first-order valence-corrected chi connectivity index (χ1v) is 7.47. The van der Waals surface area contributed by atoms with Crippen molar-refractivity contribution in [2.24, 2.45) is 5.92 Å². The highest BCUT2D eigenvalue weighted by atomic mass is 15.1. The Hall–Kier alpha value is -0.830. The van der Waals surface area contributed by atoms with Gasteiger partial charge in [-0.1, -0.05) is 26.7 Å². The summed E-state index contributed by atoms with van der Waals surface area (Å²) in [6.45, 7) is 8.97. The Morgan fingerprint density at radius 3 is 2.78 bits per heavy atom. The molecule has 2 aliphatic rings. The van der Waals surface area contributed by atoms with Crippen LogP contribution in [-0.2, 0) is 13.0 Å². The van der Waals surface area contributed by atoms with E-state index in [4.69, 9.17) is 4.98 Å². The second-order valence-electron chi connectivity index (χ2n) is 6.34. The monoisotopic (exact) mass is 247 g/mol. The summed E-state index contributed by atoms with van der Waals surface area (Å²) < 4.78 is 2.57. The molecule has 1 aliphatic carbocycles. The fourth-order valence-electron chi connectivity index (χ4n) is 3.19. The number of aromatic nitrogens is 2. The van der Waals surface area contributed by atoms with Gasteiger partial charge in [0.25, 0.3) is 0 Å². The summed E-state index contributed by atoms with van der Waals surface area (Å²) in [4.78, 5) is 4.90. The van der Waals surface area contributed by atoms with Gasteiger partial charge in [-0.3, -0.25) is 0 Å². The van der Waals surface area contributed by atoms with Crippen molar-refractivity contribution in [3.63, 3.8) is 0 Å². The molecule has 0 saturated heterocycles. The largest absolute Gasteiger partial charge is 0.329 e. The molecule has 100 valence electrons. The van der Waals surface area contributed by atoms with E-state index in [2.05, 4.69) is 30.7 Å². The van der Waals surface area contributed by atoms with Crippen LogP contribution in [0.1, 0.15) is 69.2 Å². The van der Waals surface area contributed by atoms with Gasteiger partial charge < -0.3 is 9.88 Å². The molecule has 1 aliphatic heterocycles. The lowest BCUT2D eigenvalue weighted by molar-refractivity contribution is 0.436. The summed E-state index contributed by atoms with van der Waals surface area (Å²) in [5.41, 5.74) is 2.80. The summed E-state index contributed by atoms with van der Waals surface area (Å²) in [6, 6.07) is 0.629. The summed E-state index contributed by atoms with van der Waals surface area (Å²) >= 11 is 0. The van der Waals surface area contributed by atoms with Gasteiger partial charge in [0.2, 0.25) is 0 Å². The van der Waals surface area contributed by atoms with Crippen LogP contribution in [0, 0.1) is 5.92 Å². The lowest BCUT2D eigenvalue weighted by atomic mass is 10.1. The van der Waals surface area contributed by atoms with Gasteiger partial charge >= 0.3 is 0 Å². The fourth-order valence-corrected chi connectivity index (χ4v) is 3.19. The lowest BCUT2D eigenvalue weighted by Crippen LogP contribution is -2.26. The van der Waals surface area contributed by atoms with Crippen LogP contribution in [0.3, 0.4) is 0 Å². The number of rotatable bonds is 4. The third kappa shape index (κ3) is 2.20. The van der Waals surface area contributed by atoms with Crippen LogP contribution in [0.5, 0.6) is 0 Å². The molecule has 18 heavy (non-hydrogen) atoms. The van der Waals surface area contributed by atoms with E-state index in [-0.39, 0.29) is 0 Å². The van der Waals surface area contributed by atoms with Crippen molar-refractivity contribution in [3.05, 3.63) is 17.2 Å². The third-order valence-electron chi connectivity index (χ3n) is 4.28. The molecule has 1 aromatic heterocycles. The summed E-state index contributed by atoms with van der Waals surface area (Å²) in [7, 11) is 0. The van der Waals surface area contributed by atoms with Gasteiger partial charge in [-0.15, -0.1) is 0 Å². The maximum absolute atomic E-state index is 4.90. The molecule has 0 radical (unpaired) electrons. The van der Waals surface area contributed by atoms with E-state index in [0.29, 0.717) is 12.0 Å². The van der Waals surface area contributed by atoms with Gasteiger partial charge in [-0.05, 0) is 19.3 Å². The Labute approximate surface area is 110 Å². The minimum Gasteiger partial charge on any atom is -0.329 e. The average Bonchev–Trinajstić information content (AvgIpc) is 3.06. The van der Waals surface area contributed by atoms with Crippen molar-refractivity contribution in [1.82, 2.24) is 14.9 Å². The third-order valence-corrected chi connectivity index (χ3v) is 4.28. The zero-order valence-electron chi connectivity index (χ0n) is 11.9. The second kappa shape index (κ2) is 4.69. The lowest BCUT2D eigenvalue weighted by Gasteiger charge is -2.22. The van der Waals surface area contributed by atoms with Crippen molar-refractivity contribution in [2.45, 2.75) is 65.0 Å². The zero-order valence-corrected chi connectivity index (χ0v) is 11.9. The van der Waals surface area contributed by atoms with Gasteiger partial charge in [0.05, 0.1) is 5.69 Å². The maximum atomic E-state index is 4.90. The van der Waals surface area contributed by atoms with Crippen LogP contribution in [0.2, 0.25) is 0 Å². The molecule has 1 fully saturated rings. The molecular weight excluding hydrogens is 222 g/mol. The minimum absolute atomic E-state index is 0.525. The van der Waals surface area contributed by atoms with Gasteiger partial charge in [0.1, 0.15) is 5.82 Å². The quantitative estimate of drug-likeness (QED) is 0.886. The maximum Gasteiger partial charge on any atom is 0.112 e. The smallest absolute Gasteiger partial charge is 0.112 e. The highest BCUT2D eigenvalue weighted by Gasteiger charge is 2.28. The van der Waals surface area contributed by atoms with Crippen molar-refractivity contribution in [3.8, 4) is 0 Å². The minimum atomic E-state index is 0.525. The highest BCUT2D eigenvalue weighted by molar-refractivity contribution is 5.22. The molecule has 0 bridgehead atoms. The van der Waals surface area contributed by atoms with Crippen molar-refractivity contribution in [2.75, 3.05) is 6.54 Å². The summed E-state index contributed by atoms with van der Waals surface area (Å²) in [5.74, 6) is 2.81. The number of hydrogen-bond donors (Lipinski definition) is 1. The van der Waals surface area contributed by atoms with Crippen molar-refractivity contribution in [1.29, 1.82) is 0 Å². The van der Waals surface area contributed by atoms with E-state index < -0.39 is 0 Å². The Bertz CT molecular complexity index is 429. The predicted molar refractivity (Wildman–Crippen MR) is 73.8 cm³/mol. The number of fused-ring (bicyclic) bond motifs is 1. The molecular formula is C15H25N3. The van der Waals surface area contributed by atoms with Crippen LogP contribution in [-0.4, -0.2) is 16.1 Å². The molecule has 0 amide bonds. The van der Waals surface area contributed by atoms with E-state index in [1.807, 2.05) is 0 Å². The van der Waals surface area contributed by atoms with E-state index in [1.54, 1.807) is 0 Å². The molecule has 0 aromatic carbocycles. The molecule has 1 saturated carbocycles. The summed E-state index contributed by atoms with van der Waals surface area (Å²) in [6.07, 6.45) is 5.37. The van der Waals surface area contributed by atoms with Gasteiger partial charge in [-0.25, -0.2) is 4.98 Å². The van der Waals surface area contributed by atoms with Crippen LogP contribution in [0.4, 0.5) is 0 Å². The number of hydrogen-bond acceptors (Lipinski definition) is 2. The first kappa shape index (κ1) is 12.2. The Morgan fingerprint density at radius 2 is 2.11 bits per heavy atom. The van der Waals surface area contributed by atoms with E-state index >= 15 is 0 Å². The molecule has 1 unspecified atom stereocenters. The molecule has 3 heteroatoms. The van der Waals surface area contributed by atoms with Crippen LogP contribution >= 0.6 is 0 Å². The number of imidazole rings is 1. The molecule has 2 heterocycles. The zero-order chi connectivity index (χ0) is 12.7. The topological polar surface area (TPSA) is 29.9 Å². The molecule has 1 aromatic rings. The molecule has 0 spiro atoms. The van der Waals surface area contributed by atoms with Crippen molar-refractivity contribution >= 4 is 0 Å². The molecule has 3 nitrogen and oxygen atoms in total. The van der Waals surface area contributed by atoms with E-state index in [1.165, 1.54) is 36.5 Å². The Kier molecular flexibility index (Phi) is 3.18. The number of nitrogens with zero attached hydrogens (tertiary/aromatic N) is 2. The van der Waals surface area contributed by atoms with E-state index in [0.717, 1.165) is 25.4 Å². The fraction of sp³-hybridized carbons (Fsp3) is 0.800. The van der Waals surface area contributed by atoms with Crippen molar-refractivity contribution < 1.29 is 0 Å². The van der Waals surface area contributed by atoms with Crippen LogP contribution < -0.4 is 5.32 Å². The Morgan fingerprint density at radius 1 is 1.33 bits per heavy atom. The van der Waals surface area contributed by atoms with E-state index in [9.17, 15) is 0 Å². The normalized spacial score (nSPS) is 21.1. The number of nitrogens with one attached hydrogen (secondary N) is 1. The summed E-state index contributed by atoms with van der Waals surface area (Å²) in [5, 5.41) is 3.44. The molecule has 3 rings (SSSR count). The van der Waals surface area contributed by atoms with Gasteiger partial charge in [0, 0.05) is 37.2 Å². The highest BCUT2D eigenvalue weighted by Crippen LogP contribution is 2.38. The Balaban J connectivity index is 1.95. The first-order valence-electron chi connectivity index (χ1n) is 7.47. The van der Waals surface area contributed by atoms with Gasteiger partial charge in [0.15, 0.2) is 0 Å². The first-order chi connectivity index (χ1) is 8.66.